The molecule has 3 rings (SSSR count). The molecule has 6 heteroatoms. The average Bonchev–Trinajstić information content (AvgIpc) is 2.98. The molecule has 0 aliphatic rings. The van der Waals surface area contributed by atoms with E-state index in [1.54, 1.807) is 6.33 Å². The highest BCUT2D eigenvalue weighted by atomic mass is 15.1. The van der Waals surface area contributed by atoms with E-state index in [0.29, 0.717) is 11.3 Å². The van der Waals surface area contributed by atoms with Crippen molar-refractivity contribution in [3.05, 3.63) is 47.5 Å². The van der Waals surface area contributed by atoms with Crippen LogP contribution in [0, 0.1) is 0 Å². The number of nitrogens with zero attached hydrogens (tertiary/aromatic N) is 5. The molecule has 0 radical (unpaired) electrons. The van der Waals surface area contributed by atoms with Gasteiger partial charge in [-0.1, -0.05) is 37.6 Å². The van der Waals surface area contributed by atoms with Crippen LogP contribution in [0.3, 0.4) is 0 Å². The number of nitrogens with two attached hydrogens (primary N) is 1. The Balaban J connectivity index is 1.84. The van der Waals surface area contributed by atoms with Crippen molar-refractivity contribution in [3.8, 4) is 0 Å². The van der Waals surface area contributed by atoms with E-state index in [1.165, 1.54) is 11.1 Å². The summed E-state index contributed by atoms with van der Waals surface area (Å²) in [4.78, 5) is 15.6. The summed E-state index contributed by atoms with van der Waals surface area (Å²) in [6.45, 7) is 3.83. The van der Waals surface area contributed by atoms with E-state index < -0.39 is 0 Å². The fourth-order valence-corrected chi connectivity index (χ4v) is 2.89. The molecule has 25 heavy (non-hydrogen) atoms. The van der Waals surface area contributed by atoms with E-state index in [0.717, 1.165) is 43.8 Å². The first-order valence-electron chi connectivity index (χ1n) is 8.76. The fraction of sp³-hybridized carbons (Fsp3) is 0.421. The maximum Gasteiger partial charge on any atom is 0.166 e. The summed E-state index contributed by atoms with van der Waals surface area (Å²) in [7, 11) is 4.15. The molecule has 0 amide bonds. The van der Waals surface area contributed by atoms with Gasteiger partial charge in [0, 0.05) is 13.0 Å². The van der Waals surface area contributed by atoms with Crippen molar-refractivity contribution in [2.24, 2.45) is 0 Å². The Morgan fingerprint density at radius 1 is 1.08 bits per heavy atom. The second kappa shape index (κ2) is 7.61. The van der Waals surface area contributed by atoms with Gasteiger partial charge in [0.05, 0.1) is 12.9 Å². The van der Waals surface area contributed by atoms with Crippen LogP contribution in [0.15, 0.2) is 30.6 Å². The number of hydrogen-bond donors (Lipinski definition) is 1. The van der Waals surface area contributed by atoms with Crippen molar-refractivity contribution in [1.29, 1.82) is 0 Å². The van der Waals surface area contributed by atoms with Gasteiger partial charge in [-0.3, -0.25) is 0 Å². The number of aryl methyl sites for hydroxylation is 1. The van der Waals surface area contributed by atoms with Gasteiger partial charge < -0.3 is 15.2 Å². The van der Waals surface area contributed by atoms with Crippen LogP contribution in [-0.2, 0) is 19.5 Å². The highest BCUT2D eigenvalue weighted by molar-refractivity contribution is 5.81. The number of imidazole rings is 1. The van der Waals surface area contributed by atoms with E-state index in [-0.39, 0.29) is 0 Å². The number of unbranched alkanes of at least 4 members (excludes halogenated alkanes) is 1. The topological polar surface area (TPSA) is 72.9 Å². The minimum Gasteiger partial charge on any atom is -0.382 e. The van der Waals surface area contributed by atoms with E-state index in [1.807, 2.05) is 4.57 Å². The summed E-state index contributed by atoms with van der Waals surface area (Å²) in [5.41, 5.74) is 10.1. The molecule has 0 saturated heterocycles. The Labute approximate surface area is 148 Å². The third-order valence-corrected chi connectivity index (χ3v) is 4.17. The first kappa shape index (κ1) is 17.4. The van der Waals surface area contributed by atoms with Crippen LogP contribution in [0.25, 0.3) is 11.2 Å². The van der Waals surface area contributed by atoms with Crippen molar-refractivity contribution >= 4 is 17.0 Å². The van der Waals surface area contributed by atoms with Crippen molar-refractivity contribution in [2.75, 3.05) is 19.8 Å². The summed E-state index contributed by atoms with van der Waals surface area (Å²) in [6, 6.07) is 8.66. The predicted molar refractivity (Wildman–Crippen MR) is 101 cm³/mol. The highest BCUT2D eigenvalue weighted by Gasteiger charge is 2.11. The van der Waals surface area contributed by atoms with Crippen LogP contribution in [0.1, 0.15) is 36.7 Å². The zero-order valence-corrected chi connectivity index (χ0v) is 15.2. The molecule has 0 atom stereocenters. The molecular weight excluding hydrogens is 312 g/mol. The lowest BCUT2D eigenvalue weighted by Crippen LogP contribution is -2.10. The van der Waals surface area contributed by atoms with Gasteiger partial charge in [-0.15, -0.1) is 0 Å². The monoisotopic (exact) mass is 338 g/mol. The molecule has 6 nitrogen and oxygen atoms in total. The van der Waals surface area contributed by atoms with Gasteiger partial charge in [-0.25, -0.2) is 15.0 Å². The molecule has 0 saturated carbocycles. The van der Waals surface area contributed by atoms with Crippen molar-refractivity contribution in [1.82, 2.24) is 24.4 Å². The fourth-order valence-electron chi connectivity index (χ4n) is 2.89. The molecule has 0 aliphatic carbocycles. The summed E-state index contributed by atoms with van der Waals surface area (Å²) in [6.07, 6.45) is 4.82. The van der Waals surface area contributed by atoms with Crippen LogP contribution in [0.5, 0.6) is 0 Å². The Hall–Kier alpha value is -2.47. The maximum atomic E-state index is 6.07. The SMILES string of the molecule is CCCCc1nc(N)c2ncn(Cc3ccc(CN(C)C)cc3)c2n1. The van der Waals surface area contributed by atoms with Gasteiger partial charge in [0.2, 0.25) is 0 Å². The molecule has 1 aromatic carbocycles. The average molecular weight is 338 g/mol. The zero-order chi connectivity index (χ0) is 17.8. The van der Waals surface area contributed by atoms with E-state index in [9.17, 15) is 0 Å². The standard InChI is InChI=1S/C19H26N6/c1-4-5-6-16-22-18(20)17-19(23-16)25(13-21-17)12-15-9-7-14(8-10-15)11-24(2)3/h7-10,13H,4-6,11-12H2,1-3H3,(H2,20,22,23). The van der Waals surface area contributed by atoms with Crippen LogP contribution < -0.4 is 5.73 Å². The van der Waals surface area contributed by atoms with Crippen molar-refractivity contribution in [3.63, 3.8) is 0 Å². The minimum absolute atomic E-state index is 0.469. The third kappa shape index (κ3) is 4.14. The largest absolute Gasteiger partial charge is 0.382 e. The summed E-state index contributed by atoms with van der Waals surface area (Å²) in [5.74, 6) is 1.27. The number of nitrogen functional groups attached to an aromatic ring is 1. The zero-order valence-electron chi connectivity index (χ0n) is 15.2. The van der Waals surface area contributed by atoms with Gasteiger partial charge in [-0.2, -0.15) is 0 Å². The quantitative estimate of drug-likeness (QED) is 0.717. The lowest BCUT2D eigenvalue weighted by Gasteiger charge is -2.10. The number of hydrogen-bond acceptors (Lipinski definition) is 5. The first-order chi connectivity index (χ1) is 12.1. The summed E-state index contributed by atoms with van der Waals surface area (Å²) in [5, 5.41) is 0. The van der Waals surface area contributed by atoms with Gasteiger partial charge in [0.15, 0.2) is 11.5 Å². The number of anilines is 1. The van der Waals surface area contributed by atoms with Crippen LogP contribution in [0.4, 0.5) is 5.82 Å². The van der Waals surface area contributed by atoms with E-state index in [4.69, 9.17) is 5.73 Å². The van der Waals surface area contributed by atoms with Crippen molar-refractivity contribution in [2.45, 2.75) is 39.3 Å². The molecule has 2 heterocycles. The second-order valence-corrected chi connectivity index (χ2v) is 6.73. The molecule has 0 spiro atoms. The molecule has 2 aromatic heterocycles. The lowest BCUT2D eigenvalue weighted by molar-refractivity contribution is 0.402. The number of rotatable bonds is 7. The first-order valence-corrected chi connectivity index (χ1v) is 8.76. The van der Waals surface area contributed by atoms with Crippen LogP contribution in [0.2, 0.25) is 0 Å². The van der Waals surface area contributed by atoms with E-state index in [2.05, 4.69) is 65.1 Å². The molecule has 0 bridgehead atoms. The van der Waals surface area contributed by atoms with E-state index >= 15 is 0 Å². The third-order valence-electron chi connectivity index (χ3n) is 4.17. The van der Waals surface area contributed by atoms with Gasteiger partial charge in [-0.05, 0) is 31.6 Å². The predicted octanol–water partition coefficient (Wildman–Crippen LogP) is 2.86. The smallest absolute Gasteiger partial charge is 0.166 e. The van der Waals surface area contributed by atoms with Crippen LogP contribution in [-0.4, -0.2) is 38.5 Å². The van der Waals surface area contributed by atoms with Gasteiger partial charge >= 0.3 is 0 Å². The molecular formula is C19H26N6. The Morgan fingerprint density at radius 3 is 2.48 bits per heavy atom. The number of aromatic nitrogens is 4. The summed E-state index contributed by atoms with van der Waals surface area (Å²) >= 11 is 0. The molecule has 0 unspecified atom stereocenters. The van der Waals surface area contributed by atoms with Gasteiger partial charge in [0.1, 0.15) is 11.3 Å². The molecule has 0 fully saturated rings. The Kier molecular flexibility index (Phi) is 5.28. The second-order valence-electron chi connectivity index (χ2n) is 6.73. The van der Waals surface area contributed by atoms with Gasteiger partial charge in [0.25, 0.3) is 0 Å². The Bertz CT molecular complexity index is 835. The molecule has 132 valence electrons. The maximum absolute atomic E-state index is 6.07. The Morgan fingerprint density at radius 2 is 1.80 bits per heavy atom. The minimum atomic E-state index is 0.469. The normalized spacial score (nSPS) is 11.5. The molecule has 2 N–H and O–H groups in total. The number of fused-ring (bicyclic) bond motifs is 1. The highest BCUT2D eigenvalue weighted by Crippen LogP contribution is 2.18. The summed E-state index contributed by atoms with van der Waals surface area (Å²) < 4.78 is 2.05. The van der Waals surface area contributed by atoms with Crippen LogP contribution >= 0.6 is 0 Å². The lowest BCUT2D eigenvalue weighted by atomic mass is 10.1. The molecule has 3 aromatic rings. The molecule has 0 aliphatic heterocycles. The number of benzene rings is 1. The van der Waals surface area contributed by atoms with Crippen molar-refractivity contribution < 1.29 is 0 Å².